The normalized spacial score (nSPS) is 12.8. The minimum absolute atomic E-state index is 0.00907. The second kappa shape index (κ2) is 4.34. The van der Waals surface area contributed by atoms with Crippen LogP contribution in [0, 0.1) is 6.92 Å². The van der Waals surface area contributed by atoms with Crippen LogP contribution in [0.25, 0.3) is 0 Å². The van der Waals surface area contributed by atoms with Crippen molar-refractivity contribution in [2.24, 2.45) is 0 Å². The second-order valence-corrected chi connectivity index (χ2v) is 4.07. The first-order chi connectivity index (χ1) is 6.09. The molecule has 13 heavy (non-hydrogen) atoms. The van der Waals surface area contributed by atoms with Crippen molar-refractivity contribution in [2.75, 3.05) is 6.54 Å². The van der Waals surface area contributed by atoms with E-state index in [9.17, 15) is 4.79 Å². The van der Waals surface area contributed by atoms with Gasteiger partial charge in [-0.3, -0.25) is 10.1 Å². The monoisotopic (exact) mass is 200 g/mol. The topological polar surface area (TPSA) is 62.2 Å². The van der Waals surface area contributed by atoms with Crippen LogP contribution in [-0.2, 0) is 4.79 Å². The smallest absolute Gasteiger partial charge is 0.317 e. The molecule has 72 valence electrons. The lowest BCUT2D eigenvalue weighted by Crippen LogP contribution is -2.25. The van der Waals surface area contributed by atoms with E-state index in [1.54, 1.807) is 17.5 Å². The van der Waals surface area contributed by atoms with E-state index in [1.165, 1.54) is 0 Å². The van der Waals surface area contributed by atoms with E-state index in [-0.39, 0.29) is 12.6 Å². The van der Waals surface area contributed by atoms with Gasteiger partial charge in [0.05, 0.1) is 12.6 Å². The Morgan fingerprint density at radius 1 is 1.85 bits per heavy atom. The number of carboxylic acid groups (broad SMARTS) is 1. The minimum Gasteiger partial charge on any atom is -0.480 e. The number of aromatic nitrogens is 1. The quantitative estimate of drug-likeness (QED) is 0.766. The number of carboxylic acids is 1. The molecule has 2 N–H and O–H groups in total. The Morgan fingerprint density at radius 2 is 2.54 bits per heavy atom. The molecule has 0 aliphatic heterocycles. The van der Waals surface area contributed by atoms with Crippen molar-refractivity contribution in [3.05, 3.63) is 16.1 Å². The Bertz CT molecular complexity index is 298. The number of carbonyl (C=O) groups is 1. The van der Waals surface area contributed by atoms with Crippen LogP contribution in [-0.4, -0.2) is 22.6 Å². The van der Waals surface area contributed by atoms with Crippen molar-refractivity contribution in [1.29, 1.82) is 0 Å². The van der Waals surface area contributed by atoms with Crippen LogP contribution in [0.1, 0.15) is 22.9 Å². The van der Waals surface area contributed by atoms with Gasteiger partial charge in [0.25, 0.3) is 0 Å². The van der Waals surface area contributed by atoms with Gasteiger partial charge in [0.2, 0.25) is 0 Å². The Hall–Kier alpha value is -0.940. The second-order valence-electron chi connectivity index (χ2n) is 2.81. The van der Waals surface area contributed by atoms with Crippen LogP contribution in [0.15, 0.2) is 6.20 Å². The molecule has 4 nitrogen and oxygen atoms in total. The number of nitrogens with zero attached hydrogens (tertiary/aromatic N) is 1. The van der Waals surface area contributed by atoms with Gasteiger partial charge in [-0.05, 0) is 13.8 Å². The summed E-state index contributed by atoms with van der Waals surface area (Å²) in [4.78, 5) is 15.6. The summed E-state index contributed by atoms with van der Waals surface area (Å²) >= 11 is 1.58. The largest absolute Gasteiger partial charge is 0.480 e. The number of thiazole rings is 1. The van der Waals surface area contributed by atoms with Gasteiger partial charge < -0.3 is 5.11 Å². The minimum atomic E-state index is -0.847. The fourth-order valence-corrected chi connectivity index (χ4v) is 1.70. The molecule has 0 spiro atoms. The SMILES string of the molecule is Cc1cnc(C(C)NCC(=O)O)s1. The van der Waals surface area contributed by atoms with E-state index in [0.29, 0.717) is 0 Å². The van der Waals surface area contributed by atoms with Crippen molar-refractivity contribution in [3.63, 3.8) is 0 Å². The number of rotatable bonds is 4. The van der Waals surface area contributed by atoms with E-state index < -0.39 is 5.97 Å². The van der Waals surface area contributed by atoms with Gasteiger partial charge in [0, 0.05) is 11.1 Å². The van der Waals surface area contributed by atoms with Gasteiger partial charge in [-0.1, -0.05) is 0 Å². The molecule has 0 bridgehead atoms. The van der Waals surface area contributed by atoms with Crippen LogP contribution >= 0.6 is 11.3 Å². The molecule has 0 fully saturated rings. The maximum Gasteiger partial charge on any atom is 0.317 e. The molecule has 0 aromatic carbocycles. The van der Waals surface area contributed by atoms with E-state index in [1.807, 2.05) is 13.8 Å². The third-order valence-electron chi connectivity index (χ3n) is 1.57. The highest BCUT2D eigenvalue weighted by Gasteiger charge is 2.09. The zero-order valence-corrected chi connectivity index (χ0v) is 8.39. The van der Waals surface area contributed by atoms with Crippen molar-refractivity contribution in [1.82, 2.24) is 10.3 Å². The summed E-state index contributed by atoms with van der Waals surface area (Å²) in [6.45, 7) is 3.85. The Labute approximate surface area is 80.6 Å². The molecular formula is C8H12N2O2S. The summed E-state index contributed by atoms with van der Waals surface area (Å²) in [5.41, 5.74) is 0. The van der Waals surface area contributed by atoms with Crippen LogP contribution in [0.4, 0.5) is 0 Å². The van der Waals surface area contributed by atoms with Crippen molar-refractivity contribution < 1.29 is 9.90 Å². The van der Waals surface area contributed by atoms with E-state index in [4.69, 9.17) is 5.11 Å². The van der Waals surface area contributed by atoms with Gasteiger partial charge in [0.15, 0.2) is 0 Å². The first kappa shape index (κ1) is 10.1. The molecule has 0 saturated heterocycles. The van der Waals surface area contributed by atoms with Gasteiger partial charge in [-0.25, -0.2) is 4.98 Å². The fourth-order valence-electron chi connectivity index (χ4n) is 0.900. The molecular weight excluding hydrogens is 188 g/mol. The van der Waals surface area contributed by atoms with Gasteiger partial charge >= 0.3 is 5.97 Å². The van der Waals surface area contributed by atoms with Crippen molar-refractivity contribution >= 4 is 17.3 Å². The molecule has 1 unspecified atom stereocenters. The van der Waals surface area contributed by atoms with Crippen LogP contribution in [0.2, 0.25) is 0 Å². The van der Waals surface area contributed by atoms with E-state index >= 15 is 0 Å². The standard InChI is InChI=1S/C8H12N2O2S/c1-5-3-10-8(13-5)6(2)9-4-7(11)12/h3,6,9H,4H2,1-2H3,(H,11,12). The van der Waals surface area contributed by atoms with E-state index in [0.717, 1.165) is 9.88 Å². The summed E-state index contributed by atoms with van der Waals surface area (Å²) < 4.78 is 0. The number of nitrogens with one attached hydrogen (secondary N) is 1. The molecule has 0 radical (unpaired) electrons. The number of aryl methyl sites for hydroxylation is 1. The zero-order valence-electron chi connectivity index (χ0n) is 7.57. The lowest BCUT2D eigenvalue weighted by Gasteiger charge is -2.07. The Morgan fingerprint density at radius 3 is 3.00 bits per heavy atom. The third kappa shape index (κ3) is 3.12. The highest BCUT2D eigenvalue weighted by molar-refractivity contribution is 7.11. The molecule has 1 heterocycles. The maximum atomic E-state index is 10.3. The molecule has 1 atom stereocenters. The Kier molecular flexibility index (Phi) is 3.39. The lowest BCUT2D eigenvalue weighted by molar-refractivity contribution is -0.136. The van der Waals surface area contributed by atoms with Gasteiger partial charge in [-0.15, -0.1) is 11.3 Å². The molecule has 5 heteroatoms. The summed E-state index contributed by atoms with van der Waals surface area (Å²) in [5.74, 6) is -0.847. The Balaban J connectivity index is 2.48. The highest BCUT2D eigenvalue weighted by Crippen LogP contribution is 2.18. The first-order valence-corrected chi connectivity index (χ1v) is 4.78. The molecule has 1 rings (SSSR count). The predicted octanol–water partition coefficient (Wildman–Crippen LogP) is 1.19. The van der Waals surface area contributed by atoms with Gasteiger partial charge in [-0.2, -0.15) is 0 Å². The van der Waals surface area contributed by atoms with Crippen LogP contribution in [0.3, 0.4) is 0 Å². The third-order valence-corrected chi connectivity index (χ3v) is 2.66. The number of aliphatic carboxylic acids is 1. The first-order valence-electron chi connectivity index (χ1n) is 3.97. The van der Waals surface area contributed by atoms with Crippen LogP contribution < -0.4 is 5.32 Å². The number of hydrogen-bond donors (Lipinski definition) is 2. The molecule has 0 amide bonds. The average molecular weight is 200 g/mol. The summed E-state index contributed by atoms with van der Waals surface area (Å²) in [6.07, 6.45) is 1.79. The average Bonchev–Trinajstić information content (AvgIpc) is 2.47. The molecule has 0 saturated carbocycles. The fraction of sp³-hybridized carbons (Fsp3) is 0.500. The summed E-state index contributed by atoms with van der Waals surface area (Å²) in [6, 6.07) is 0.00907. The number of hydrogen-bond acceptors (Lipinski definition) is 4. The van der Waals surface area contributed by atoms with Crippen LogP contribution in [0.5, 0.6) is 0 Å². The zero-order chi connectivity index (χ0) is 9.84. The van der Waals surface area contributed by atoms with E-state index in [2.05, 4.69) is 10.3 Å². The molecule has 0 aliphatic rings. The predicted molar refractivity (Wildman–Crippen MR) is 50.9 cm³/mol. The van der Waals surface area contributed by atoms with Crippen molar-refractivity contribution in [3.8, 4) is 0 Å². The molecule has 1 aromatic rings. The van der Waals surface area contributed by atoms with Crippen molar-refractivity contribution in [2.45, 2.75) is 19.9 Å². The van der Waals surface area contributed by atoms with Gasteiger partial charge in [0.1, 0.15) is 5.01 Å². The maximum absolute atomic E-state index is 10.3. The molecule has 1 aromatic heterocycles. The summed E-state index contributed by atoms with van der Waals surface area (Å²) in [5, 5.41) is 12.2. The lowest BCUT2D eigenvalue weighted by atomic mass is 10.3. The summed E-state index contributed by atoms with van der Waals surface area (Å²) in [7, 11) is 0. The molecule has 0 aliphatic carbocycles. The highest BCUT2D eigenvalue weighted by atomic mass is 32.1.